The van der Waals surface area contributed by atoms with Crippen LogP contribution in [-0.4, -0.2) is 37.6 Å². The first-order valence-corrected chi connectivity index (χ1v) is 6.90. The van der Waals surface area contributed by atoms with E-state index in [1.54, 1.807) is 0 Å². The van der Waals surface area contributed by atoms with Crippen molar-refractivity contribution in [3.63, 3.8) is 0 Å². The first-order chi connectivity index (χ1) is 11.6. The number of aromatic nitrogens is 5. The van der Waals surface area contributed by atoms with Crippen LogP contribution in [0.2, 0.25) is 0 Å². The van der Waals surface area contributed by atoms with E-state index in [1.807, 2.05) is 0 Å². The summed E-state index contributed by atoms with van der Waals surface area (Å²) in [6.45, 7) is -0.767. The van der Waals surface area contributed by atoms with E-state index in [-0.39, 0.29) is 22.8 Å². The summed E-state index contributed by atoms with van der Waals surface area (Å²) in [5, 5.41) is 11.0. The van der Waals surface area contributed by atoms with Gasteiger partial charge in [-0.3, -0.25) is 4.98 Å². The van der Waals surface area contributed by atoms with Crippen LogP contribution in [-0.2, 0) is 5.92 Å². The predicted octanol–water partition coefficient (Wildman–Crippen LogP) is 3.24. The van der Waals surface area contributed by atoms with Crippen molar-refractivity contribution in [2.75, 3.05) is 6.61 Å². The van der Waals surface area contributed by atoms with E-state index < -0.39 is 24.5 Å². The Morgan fingerprint density at radius 1 is 1.00 bits per heavy atom. The molecule has 0 unspecified atom stereocenters. The molecule has 0 radical (unpaired) electrons. The Kier molecular flexibility index (Phi) is 4.01. The average Bonchev–Trinajstić information content (AvgIpc) is 2.96. The van der Waals surface area contributed by atoms with Gasteiger partial charge in [-0.15, -0.1) is 10.2 Å². The molecule has 0 N–H and O–H groups in total. The summed E-state index contributed by atoms with van der Waals surface area (Å²) >= 11 is 0. The van der Waals surface area contributed by atoms with Gasteiger partial charge in [0, 0.05) is 6.92 Å². The summed E-state index contributed by atoms with van der Waals surface area (Å²) in [7, 11) is 0. The van der Waals surface area contributed by atoms with Crippen LogP contribution in [0.4, 0.5) is 22.0 Å². The Morgan fingerprint density at radius 3 is 2.32 bits per heavy atom. The van der Waals surface area contributed by atoms with Crippen molar-refractivity contribution < 1.29 is 26.7 Å². The minimum Gasteiger partial charge on any atom is -0.483 e. The minimum absolute atomic E-state index is 0.0766. The van der Waals surface area contributed by atoms with Crippen molar-refractivity contribution in [2.24, 2.45) is 0 Å². The lowest BCUT2D eigenvalue weighted by Gasteiger charge is -2.09. The fourth-order valence-electron chi connectivity index (χ4n) is 1.98. The van der Waals surface area contributed by atoms with Crippen molar-refractivity contribution in [3.8, 4) is 17.1 Å². The third-order valence-electron chi connectivity index (χ3n) is 3.06. The summed E-state index contributed by atoms with van der Waals surface area (Å²) in [6, 6.07) is 5.57. The number of pyridine rings is 1. The SMILES string of the molecule is CC(F)(F)c1nnc2ccc(-c3ccc(OCC(F)(F)F)cn3)nn12. The maximum absolute atomic E-state index is 13.5. The number of nitrogens with zero attached hydrogens (tertiary/aromatic N) is 5. The lowest BCUT2D eigenvalue weighted by molar-refractivity contribution is -0.153. The summed E-state index contributed by atoms with van der Waals surface area (Å²) in [4.78, 5) is 3.94. The number of fused-ring (bicyclic) bond motifs is 1. The zero-order valence-electron chi connectivity index (χ0n) is 12.6. The zero-order valence-corrected chi connectivity index (χ0v) is 12.6. The molecule has 0 saturated carbocycles. The van der Waals surface area contributed by atoms with Gasteiger partial charge < -0.3 is 4.74 Å². The monoisotopic (exact) mass is 359 g/mol. The van der Waals surface area contributed by atoms with Gasteiger partial charge in [0.1, 0.15) is 11.4 Å². The molecule has 0 bridgehead atoms. The molecule has 3 rings (SSSR count). The number of rotatable bonds is 4. The quantitative estimate of drug-likeness (QED) is 0.669. The number of hydrogen-bond acceptors (Lipinski definition) is 5. The van der Waals surface area contributed by atoms with Crippen molar-refractivity contribution >= 4 is 5.65 Å². The molecule has 0 atom stereocenters. The van der Waals surface area contributed by atoms with Gasteiger partial charge in [0.25, 0.3) is 0 Å². The van der Waals surface area contributed by atoms with Crippen LogP contribution in [0.5, 0.6) is 5.75 Å². The number of halogens is 5. The molecule has 3 heterocycles. The Morgan fingerprint density at radius 2 is 1.72 bits per heavy atom. The maximum atomic E-state index is 13.5. The highest BCUT2D eigenvalue weighted by Crippen LogP contribution is 2.26. The highest BCUT2D eigenvalue weighted by molar-refractivity contribution is 5.56. The Hall–Kier alpha value is -2.85. The fourth-order valence-corrected chi connectivity index (χ4v) is 1.98. The van der Waals surface area contributed by atoms with E-state index >= 15 is 0 Å². The Balaban J connectivity index is 1.89. The predicted molar refractivity (Wildman–Crippen MR) is 75.1 cm³/mol. The summed E-state index contributed by atoms with van der Waals surface area (Å²) in [6.07, 6.45) is -3.37. The van der Waals surface area contributed by atoms with Crippen molar-refractivity contribution in [3.05, 3.63) is 36.3 Å². The molecule has 3 aromatic heterocycles. The molecule has 0 aliphatic rings. The van der Waals surface area contributed by atoms with Crippen molar-refractivity contribution in [1.29, 1.82) is 0 Å². The molecule has 3 aromatic rings. The normalized spacial score (nSPS) is 12.6. The van der Waals surface area contributed by atoms with Gasteiger partial charge >= 0.3 is 12.1 Å². The summed E-state index contributed by atoms with van der Waals surface area (Å²) in [5.74, 6) is -3.95. The van der Waals surface area contributed by atoms with E-state index in [0.717, 1.165) is 10.7 Å². The van der Waals surface area contributed by atoms with E-state index in [0.29, 0.717) is 6.92 Å². The molecule has 0 fully saturated rings. The lowest BCUT2D eigenvalue weighted by Crippen LogP contribution is -2.19. The van der Waals surface area contributed by atoms with Crippen LogP contribution in [0.15, 0.2) is 30.5 Å². The standard InChI is InChI=1S/C14H10F5N5O/c1-13(15,16)12-22-21-11-5-4-10(23-24(11)12)9-3-2-8(6-20-9)25-7-14(17,18)19/h2-6H,7H2,1H3. The second-order valence-corrected chi connectivity index (χ2v) is 5.18. The summed E-state index contributed by atoms with van der Waals surface area (Å²) in [5.41, 5.74) is 0.617. The molecule has 0 aromatic carbocycles. The number of alkyl halides is 5. The van der Waals surface area contributed by atoms with Crippen LogP contribution in [0.3, 0.4) is 0 Å². The van der Waals surface area contributed by atoms with E-state index in [1.165, 1.54) is 24.3 Å². The number of hydrogen-bond donors (Lipinski definition) is 0. The largest absolute Gasteiger partial charge is 0.483 e. The van der Waals surface area contributed by atoms with Crippen LogP contribution in [0.1, 0.15) is 12.7 Å². The molecule has 0 saturated heterocycles. The van der Waals surface area contributed by atoms with Gasteiger partial charge in [0.2, 0.25) is 5.82 Å². The molecule has 25 heavy (non-hydrogen) atoms. The van der Waals surface area contributed by atoms with E-state index in [4.69, 9.17) is 0 Å². The molecule has 0 amide bonds. The number of ether oxygens (including phenoxy) is 1. The van der Waals surface area contributed by atoms with Crippen LogP contribution < -0.4 is 4.74 Å². The van der Waals surface area contributed by atoms with Gasteiger partial charge in [-0.2, -0.15) is 31.6 Å². The van der Waals surface area contributed by atoms with Crippen LogP contribution >= 0.6 is 0 Å². The highest BCUT2D eigenvalue weighted by Gasteiger charge is 2.32. The molecule has 6 nitrogen and oxygen atoms in total. The summed E-state index contributed by atoms with van der Waals surface area (Å²) < 4.78 is 68.8. The smallest absolute Gasteiger partial charge is 0.422 e. The minimum atomic E-state index is -4.46. The molecular formula is C14H10F5N5O. The topological polar surface area (TPSA) is 65.2 Å². The van der Waals surface area contributed by atoms with E-state index in [9.17, 15) is 22.0 Å². The molecule has 0 aliphatic carbocycles. The van der Waals surface area contributed by atoms with Gasteiger partial charge in [0.05, 0.1) is 11.9 Å². The van der Waals surface area contributed by atoms with E-state index in [2.05, 4.69) is 25.0 Å². The Labute approximate surface area is 137 Å². The molecular weight excluding hydrogens is 349 g/mol. The zero-order chi connectivity index (χ0) is 18.2. The molecule has 0 aliphatic heterocycles. The maximum Gasteiger partial charge on any atom is 0.422 e. The third-order valence-corrected chi connectivity index (χ3v) is 3.06. The van der Waals surface area contributed by atoms with Crippen molar-refractivity contribution in [1.82, 2.24) is 24.8 Å². The third kappa shape index (κ3) is 3.80. The van der Waals surface area contributed by atoms with Gasteiger partial charge in [-0.25, -0.2) is 0 Å². The Bertz CT molecular complexity index is 885. The van der Waals surface area contributed by atoms with Gasteiger partial charge in [-0.05, 0) is 24.3 Å². The van der Waals surface area contributed by atoms with Gasteiger partial charge in [0.15, 0.2) is 12.3 Å². The fraction of sp³-hybridized carbons (Fsp3) is 0.286. The molecule has 0 spiro atoms. The average molecular weight is 359 g/mol. The van der Waals surface area contributed by atoms with Crippen LogP contribution in [0.25, 0.3) is 17.0 Å². The highest BCUT2D eigenvalue weighted by atomic mass is 19.4. The second kappa shape index (κ2) is 5.90. The lowest BCUT2D eigenvalue weighted by atomic mass is 10.2. The second-order valence-electron chi connectivity index (χ2n) is 5.18. The van der Waals surface area contributed by atoms with Crippen LogP contribution in [0, 0.1) is 0 Å². The molecule has 11 heteroatoms. The van der Waals surface area contributed by atoms with Crippen molar-refractivity contribution in [2.45, 2.75) is 19.0 Å². The molecule has 132 valence electrons. The van der Waals surface area contributed by atoms with Gasteiger partial charge in [-0.1, -0.05) is 0 Å². The first-order valence-electron chi connectivity index (χ1n) is 6.90. The first kappa shape index (κ1) is 17.0.